The number of rotatable bonds is 1. The van der Waals surface area contributed by atoms with E-state index in [0.29, 0.717) is 0 Å². The normalized spacial score (nSPS) is 8.00. The second-order valence-electron chi connectivity index (χ2n) is 1.46. The van der Waals surface area contributed by atoms with Crippen molar-refractivity contribution in [3.8, 4) is 0 Å². The zero-order chi connectivity index (χ0) is 6.53. The van der Waals surface area contributed by atoms with Crippen molar-refractivity contribution in [2.24, 2.45) is 4.99 Å². The molecule has 2 heteroatoms. The second-order valence-corrected chi connectivity index (χ2v) is 1.64. The van der Waals surface area contributed by atoms with Gasteiger partial charge >= 0.3 is 0 Å². The van der Waals surface area contributed by atoms with E-state index >= 15 is 0 Å². The average molecular weight is 134 g/mol. The van der Waals surface area contributed by atoms with Crippen molar-refractivity contribution in [2.45, 2.75) is 0 Å². The van der Waals surface area contributed by atoms with Crippen LogP contribution in [0.4, 0.5) is 5.69 Å². The zero-order valence-electron chi connectivity index (χ0n) is 4.66. The Morgan fingerprint density at radius 3 is 2.67 bits per heavy atom. The van der Waals surface area contributed by atoms with Gasteiger partial charge in [-0.15, -0.1) is 0 Å². The van der Waals surface area contributed by atoms with Crippen molar-refractivity contribution in [2.75, 3.05) is 0 Å². The van der Waals surface area contributed by atoms with Gasteiger partial charge in [0.2, 0.25) is 0 Å². The van der Waals surface area contributed by atoms with Crippen molar-refractivity contribution in [3.63, 3.8) is 0 Å². The Kier molecular flexibility index (Phi) is 2.13. The van der Waals surface area contributed by atoms with Crippen LogP contribution < -0.4 is 0 Å². The van der Waals surface area contributed by atoms with Gasteiger partial charge in [-0.25, -0.2) is 0 Å². The first-order valence-electron chi connectivity index (χ1n) is 2.47. The zero-order valence-corrected chi connectivity index (χ0v) is 5.48. The monoisotopic (exact) mass is 134 g/mol. The third-order valence-electron chi connectivity index (χ3n) is 0.875. The summed E-state index contributed by atoms with van der Waals surface area (Å²) in [5.41, 5.74) is 0.823. The van der Waals surface area contributed by atoms with E-state index < -0.39 is 0 Å². The summed E-state index contributed by atoms with van der Waals surface area (Å²) < 4.78 is 0. The largest absolute Gasteiger partial charge is 0.195 e. The van der Waals surface area contributed by atoms with Crippen LogP contribution >= 0.6 is 12.2 Å². The van der Waals surface area contributed by atoms with Gasteiger partial charge in [-0.1, -0.05) is 12.1 Å². The molecule has 0 N–H and O–H groups in total. The highest BCUT2D eigenvalue weighted by Crippen LogP contribution is 2.06. The Morgan fingerprint density at radius 1 is 1.44 bits per heavy atom. The Hall–Kier alpha value is -0.980. The maximum Gasteiger partial charge on any atom is 0.0739 e. The molecular weight excluding hydrogens is 130 g/mol. The Bertz CT molecular complexity index is 224. The first-order chi connectivity index (χ1) is 4.43. The fourth-order valence-corrected chi connectivity index (χ4v) is 0.611. The minimum Gasteiger partial charge on any atom is -0.195 e. The van der Waals surface area contributed by atoms with E-state index in [1.54, 1.807) is 12.1 Å². The summed E-state index contributed by atoms with van der Waals surface area (Å²) in [7, 11) is 0. The molecule has 0 amide bonds. The number of aliphatic imine (C=N–C) groups is 1. The Morgan fingerprint density at radius 2 is 2.11 bits per heavy atom. The SMILES string of the molecule is S=C=Nc1cc[c]cc1. The Balaban J connectivity index is 2.97. The molecule has 1 radical (unpaired) electrons. The molecule has 0 heterocycles. The first-order valence-corrected chi connectivity index (χ1v) is 2.88. The second kappa shape index (κ2) is 3.13. The van der Waals surface area contributed by atoms with E-state index in [2.05, 4.69) is 28.4 Å². The van der Waals surface area contributed by atoms with Crippen LogP contribution in [0.5, 0.6) is 0 Å². The molecule has 1 aromatic carbocycles. The standard InChI is InChI=1S/C7H4NS/c9-6-8-7-4-2-1-3-5-7/h2-5H. The molecule has 0 atom stereocenters. The molecule has 9 heavy (non-hydrogen) atoms. The third-order valence-corrected chi connectivity index (χ3v) is 0.967. The lowest BCUT2D eigenvalue weighted by Gasteiger charge is -1.83. The topological polar surface area (TPSA) is 12.4 Å². The molecule has 0 bridgehead atoms. The summed E-state index contributed by atoms with van der Waals surface area (Å²) in [6, 6.07) is 10.1. The van der Waals surface area contributed by atoms with Crippen molar-refractivity contribution < 1.29 is 0 Å². The van der Waals surface area contributed by atoms with Gasteiger partial charge in [-0.2, -0.15) is 4.99 Å². The van der Waals surface area contributed by atoms with Gasteiger partial charge in [0.05, 0.1) is 10.8 Å². The number of benzene rings is 1. The molecule has 0 saturated carbocycles. The number of isothiocyanates is 1. The Labute approximate surface area is 59.1 Å². The highest BCUT2D eigenvalue weighted by molar-refractivity contribution is 7.78. The summed E-state index contributed by atoms with van der Waals surface area (Å²) in [6.45, 7) is 0. The number of hydrogen-bond acceptors (Lipinski definition) is 2. The molecular formula is C7H4NS. The van der Waals surface area contributed by atoms with E-state index in [0.717, 1.165) is 5.69 Å². The first kappa shape index (κ1) is 6.14. The molecule has 0 spiro atoms. The summed E-state index contributed by atoms with van der Waals surface area (Å²) in [6.07, 6.45) is 0. The predicted octanol–water partition coefficient (Wildman–Crippen LogP) is 2.22. The van der Waals surface area contributed by atoms with E-state index in [1.807, 2.05) is 12.1 Å². The van der Waals surface area contributed by atoms with Crippen LogP contribution in [0.15, 0.2) is 29.3 Å². The molecule has 1 aromatic rings. The van der Waals surface area contributed by atoms with Crippen molar-refractivity contribution >= 4 is 23.1 Å². The molecule has 0 aliphatic carbocycles. The molecule has 1 rings (SSSR count). The molecule has 0 aliphatic rings. The highest BCUT2D eigenvalue weighted by Gasteiger charge is 1.79. The maximum absolute atomic E-state index is 4.41. The number of thiocarbonyl (C=S) groups is 1. The minimum atomic E-state index is 0.823. The third kappa shape index (κ3) is 1.76. The molecule has 0 unspecified atom stereocenters. The van der Waals surface area contributed by atoms with E-state index in [9.17, 15) is 0 Å². The van der Waals surface area contributed by atoms with Crippen molar-refractivity contribution in [3.05, 3.63) is 30.3 Å². The fourth-order valence-electron chi connectivity index (χ4n) is 0.505. The van der Waals surface area contributed by atoms with Gasteiger partial charge in [-0.05, 0) is 30.4 Å². The number of hydrogen-bond donors (Lipinski definition) is 0. The lowest BCUT2D eigenvalue weighted by Crippen LogP contribution is -1.59. The summed E-state index contributed by atoms with van der Waals surface area (Å²) in [4.78, 5) is 3.75. The lowest BCUT2D eigenvalue weighted by molar-refractivity contribution is 1.55. The van der Waals surface area contributed by atoms with Crippen LogP contribution in [0.2, 0.25) is 0 Å². The molecule has 0 aliphatic heterocycles. The summed E-state index contributed by atoms with van der Waals surface area (Å²) in [5, 5.41) is 2.28. The van der Waals surface area contributed by atoms with Gasteiger partial charge in [0.1, 0.15) is 0 Å². The molecule has 0 aromatic heterocycles. The van der Waals surface area contributed by atoms with E-state index in [1.165, 1.54) is 0 Å². The van der Waals surface area contributed by atoms with Crippen LogP contribution in [-0.2, 0) is 0 Å². The maximum atomic E-state index is 4.41. The minimum absolute atomic E-state index is 0.823. The van der Waals surface area contributed by atoms with E-state index in [4.69, 9.17) is 0 Å². The van der Waals surface area contributed by atoms with Crippen LogP contribution in [0.3, 0.4) is 0 Å². The van der Waals surface area contributed by atoms with Crippen molar-refractivity contribution in [1.82, 2.24) is 0 Å². The quantitative estimate of drug-likeness (QED) is 0.423. The smallest absolute Gasteiger partial charge is 0.0739 e. The van der Waals surface area contributed by atoms with Crippen LogP contribution in [0.25, 0.3) is 0 Å². The van der Waals surface area contributed by atoms with Gasteiger partial charge in [0.25, 0.3) is 0 Å². The predicted molar refractivity (Wildman–Crippen MR) is 40.0 cm³/mol. The fraction of sp³-hybridized carbons (Fsp3) is 0. The number of nitrogens with zero attached hydrogens (tertiary/aromatic N) is 1. The van der Waals surface area contributed by atoms with Crippen molar-refractivity contribution in [1.29, 1.82) is 0 Å². The molecule has 0 saturated heterocycles. The lowest BCUT2D eigenvalue weighted by atomic mass is 10.3. The van der Waals surface area contributed by atoms with Crippen LogP contribution in [0, 0.1) is 6.07 Å². The summed E-state index contributed by atoms with van der Waals surface area (Å²) >= 11 is 4.41. The molecule has 0 fully saturated rings. The van der Waals surface area contributed by atoms with E-state index in [-0.39, 0.29) is 0 Å². The highest BCUT2D eigenvalue weighted by atomic mass is 32.1. The van der Waals surface area contributed by atoms with Crippen LogP contribution in [0.1, 0.15) is 0 Å². The van der Waals surface area contributed by atoms with Gasteiger partial charge in [0, 0.05) is 0 Å². The summed E-state index contributed by atoms with van der Waals surface area (Å²) in [5.74, 6) is 0. The average Bonchev–Trinajstić information content (AvgIpc) is 1.91. The van der Waals surface area contributed by atoms with Gasteiger partial charge in [-0.3, -0.25) is 0 Å². The van der Waals surface area contributed by atoms with Crippen LogP contribution in [-0.4, -0.2) is 5.16 Å². The molecule has 43 valence electrons. The van der Waals surface area contributed by atoms with Gasteiger partial charge in [0.15, 0.2) is 0 Å². The van der Waals surface area contributed by atoms with Gasteiger partial charge < -0.3 is 0 Å². The molecule has 1 nitrogen and oxygen atoms in total.